The van der Waals surface area contributed by atoms with Crippen molar-refractivity contribution in [1.82, 2.24) is 5.32 Å². The maximum absolute atomic E-state index is 11.7. The van der Waals surface area contributed by atoms with Crippen LogP contribution in [0.25, 0.3) is 0 Å². The van der Waals surface area contributed by atoms with E-state index in [1.807, 2.05) is 6.07 Å². The van der Waals surface area contributed by atoms with Gasteiger partial charge in [-0.2, -0.15) is 0 Å². The second kappa shape index (κ2) is 17.9. The molecule has 2 saturated heterocycles. The van der Waals surface area contributed by atoms with Crippen molar-refractivity contribution in [3.8, 4) is 0 Å². The van der Waals surface area contributed by atoms with Gasteiger partial charge < -0.3 is 19.7 Å². The normalized spacial score (nSPS) is 13.8. The van der Waals surface area contributed by atoms with Crippen LogP contribution in [-0.2, 0) is 9.47 Å². The molecule has 11 heteroatoms. The van der Waals surface area contributed by atoms with Crippen LogP contribution in [0.5, 0.6) is 0 Å². The fourth-order valence-electron chi connectivity index (χ4n) is 4.75. The Kier molecular flexibility index (Phi) is 14.7. The lowest BCUT2D eigenvalue weighted by atomic mass is 9.91. The standard InChI is InChI=1S/C17H15Cl2NO2.C9H11N.C8H5BrCl2O2.CH4/c1-22-17(21)16-14(18)7-13(8-15(16)19)20-9-12(10-20)11-5-3-2-4-6-11;1-2-4-8(5-3-1)9-6-10-7-9;1-13-8(12)7-5(10)2-4(9)3-6(7)11;/h2-8,12H,9-10H2,1H3;1-5,9-10H,6-7H2;2-3H,1H3;1H4. The van der Waals surface area contributed by atoms with E-state index >= 15 is 0 Å². The van der Waals surface area contributed by atoms with Crippen LogP contribution in [0.3, 0.4) is 0 Å². The van der Waals surface area contributed by atoms with E-state index in [0.29, 0.717) is 16.0 Å². The number of hydrogen-bond donors (Lipinski definition) is 1. The number of nitrogens with one attached hydrogen (secondary N) is 1. The third-order valence-corrected chi connectivity index (χ3v) is 9.03. The van der Waals surface area contributed by atoms with Crippen LogP contribution in [-0.4, -0.2) is 52.3 Å². The minimum absolute atomic E-state index is 0. The van der Waals surface area contributed by atoms with Gasteiger partial charge in [0.15, 0.2) is 0 Å². The summed E-state index contributed by atoms with van der Waals surface area (Å²) in [7, 11) is 2.58. The van der Waals surface area contributed by atoms with Crippen LogP contribution in [0.4, 0.5) is 5.69 Å². The molecule has 0 atom stereocenters. The van der Waals surface area contributed by atoms with E-state index in [9.17, 15) is 9.59 Å². The molecule has 2 aliphatic heterocycles. The Balaban J connectivity index is 0.000000204. The van der Waals surface area contributed by atoms with Crippen LogP contribution in [0, 0.1) is 0 Å². The number of carbonyl (C=O) groups excluding carboxylic acids is 2. The van der Waals surface area contributed by atoms with E-state index in [0.717, 1.165) is 42.3 Å². The second-order valence-electron chi connectivity index (χ2n) is 10.3. The maximum atomic E-state index is 11.7. The largest absolute Gasteiger partial charge is 0.465 e. The zero-order valence-corrected chi connectivity index (χ0v) is 29.1. The first-order valence-corrected chi connectivity index (χ1v) is 16.3. The molecule has 6 nitrogen and oxygen atoms in total. The molecular weight excluding hydrogens is 734 g/mol. The van der Waals surface area contributed by atoms with E-state index < -0.39 is 11.9 Å². The van der Waals surface area contributed by atoms with Crippen molar-refractivity contribution < 1.29 is 19.1 Å². The van der Waals surface area contributed by atoms with Crippen LogP contribution < -0.4 is 10.2 Å². The molecule has 1 N–H and O–H groups in total. The van der Waals surface area contributed by atoms with Gasteiger partial charge in [-0.25, -0.2) is 9.59 Å². The minimum Gasteiger partial charge on any atom is -0.465 e. The van der Waals surface area contributed by atoms with Crippen LogP contribution in [0.15, 0.2) is 89.4 Å². The Morgan fingerprint density at radius 1 is 0.696 bits per heavy atom. The summed E-state index contributed by atoms with van der Waals surface area (Å²) in [5.74, 6) is 0.232. The first-order chi connectivity index (χ1) is 21.6. The van der Waals surface area contributed by atoms with E-state index in [2.05, 4.69) is 85.5 Å². The van der Waals surface area contributed by atoms with Gasteiger partial charge in [-0.1, -0.05) is 130 Å². The molecule has 2 aliphatic rings. The quantitative estimate of drug-likeness (QED) is 0.204. The number of benzene rings is 4. The summed E-state index contributed by atoms with van der Waals surface area (Å²) >= 11 is 27.1. The van der Waals surface area contributed by atoms with E-state index in [4.69, 9.17) is 51.1 Å². The van der Waals surface area contributed by atoms with E-state index in [1.165, 1.54) is 25.3 Å². The van der Waals surface area contributed by atoms with Gasteiger partial charge in [0.1, 0.15) is 0 Å². The Labute approximate surface area is 299 Å². The average Bonchev–Trinajstić information content (AvgIpc) is 2.96. The lowest BCUT2D eigenvalue weighted by Crippen LogP contribution is -2.45. The summed E-state index contributed by atoms with van der Waals surface area (Å²) in [4.78, 5) is 25.0. The summed E-state index contributed by atoms with van der Waals surface area (Å²) in [6.45, 7) is 4.14. The smallest absolute Gasteiger partial charge is 0.340 e. The van der Waals surface area contributed by atoms with Gasteiger partial charge in [0.25, 0.3) is 0 Å². The number of carbonyl (C=O) groups is 2. The Bertz CT molecular complexity index is 1570. The number of ether oxygens (including phenoxy) is 2. The molecule has 0 aliphatic carbocycles. The highest BCUT2D eigenvalue weighted by Gasteiger charge is 2.29. The lowest BCUT2D eigenvalue weighted by Gasteiger charge is -2.41. The van der Waals surface area contributed by atoms with Gasteiger partial charge in [-0.3, -0.25) is 0 Å². The molecule has 0 unspecified atom stereocenters. The molecule has 6 rings (SSSR count). The highest BCUT2D eigenvalue weighted by atomic mass is 79.9. The van der Waals surface area contributed by atoms with Crippen LogP contribution in [0.1, 0.15) is 51.1 Å². The molecule has 46 heavy (non-hydrogen) atoms. The Hall–Kier alpha value is -2.78. The van der Waals surface area contributed by atoms with Crippen molar-refractivity contribution in [2.45, 2.75) is 19.3 Å². The van der Waals surface area contributed by atoms with Crippen molar-refractivity contribution >= 4 is 80.0 Å². The number of esters is 2. The predicted octanol–water partition coefficient (Wildman–Crippen LogP) is 9.94. The number of halogens is 5. The SMILES string of the molecule is C.COC(=O)c1c(Cl)cc(Br)cc1Cl.COC(=O)c1c(Cl)cc(N2CC(c3ccccc3)C2)cc1Cl.c1ccc(C2CNC2)cc1. The first-order valence-electron chi connectivity index (χ1n) is 14.0. The second-order valence-corrected chi connectivity index (χ2v) is 12.8. The van der Waals surface area contributed by atoms with Gasteiger partial charge in [-0.05, 0) is 35.4 Å². The minimum atomic E-state index is -0.539. The molecule has 0 radical (unpaired) electrons. The molecular formula is C35H35BrCl4N2O4. The molecule has 2 fully saturated rings. The zero-order chi connectivity index (χ0) is 32.5. The van der Waals surface area contributed by atoms with Crippen molar-refractivity contribution in [3.63, 3.8) is 0 Å². The van der Waals surface area contributed by atoms with Gasteiger partial charge in [0, 0.05) is 48.2 Å². The average molecular weight is 769 g/mol. The summed E-state index contributed by atoms with van der Waals surface area (Å²) < 4.78 is 9.92. The number of methoxy groups -OCH3 is 2. The Morgan fingerprint density at radius 3 is 1.46 bits per heavy atom. The summed E-state index contributed by atoms with van der Waals surface area (Å²) in [6.07, 6.45) is 0. The van der Waals surface area contributed by atoms with Crippen molar-refractivity contribution in [2.75, 3.05) is 45.3 Å². The Morgan fingerprint density at radius 2 is 1.09 bits per heavy atom. The molecule has 0 saturated carbocycles. The number of anilines is 1. The van der Waals surface area contributed by atoms with E-state index in [1.54, 1.807) is 24.3 Å². The first kappa shape index (κ1) is 37.7. The third kappa shape index (κ3) is 9.63. The van der Waals surface area contributed by atoms with Gasteiger partial charge in [0.05, 0.1) is 45.4 Å². The highest BCUT2D eigenvalue weighted by Crippen LogP contribution is 2.37. The summed E-state index contributed by atoms with van der Waals surface area (Å²) in [6, 6.07) is 27.8. The molecule has 0 amide bonds. The topological polar surface area (TPSA) is 67.9 Å². The molecule has 0 bridgehead atoms. The maximum Gasteiger partial charge on any atom is 0.340 e. The van der Waals surface area contributed by atoms with Gasteiger partial charge in [-0.15, -0.1) is 0 Å². The summed E-state index contributed by atoms with van der Waals surface area (Å²) in [5.41, 5.74) is 4.14. The highest BCUT2D eigenvalue weighted by molar-refractivity contribution is 9.10. The fraction of sp³-hybridized carbons (Fsp3) is 0.257. The van der Waals surface area contributed by atoms with Crippen LogP contribution in [0.2, 0.25) is 20.1 Å². The van der Waals surface area contributed by atoms with Crippen molar-refractivity contribution in [1.29, 1.82) is 0 Å². The lowest BCUT2D eigenvalue weighted by molar-refractivity contribution is 0.0592. The number of hydrogen-bond acceptors (Lipinski definition) is 6. The predicted molar refractivity (Wildman–Crippen MR) is 193 cm³/mol. The summed E-state index contributed by atoms with van der Waals surface area (Å²) in [5, 5.41) is 4.43. The van der Waals surface area contributed by atoms with Crippen molar-refractivity contribution in [3.05, 3.63) is 132 Å². The molecule has 4 aromatic carbocycles. The number of rotatable bonds is 5. The molecule has 0 aromatic heterocycles. The molecule has 244 valence electrons. The third-order valence-electron chi connectivity index (χ3n) is 7.38. The molecule has 4 aromatic rings. The van der Waals surface area contributed by atoms with Crippen molar-refractivity contribution in [2.24, 2.45) is 0 Å². The van der Waals surface area contributed by atoms with Crippen LogP contribution >= 0.6 is 62.3 Å². The molecule has 0 spiro atoms. The van der Waals surface area contributed by atoms with Gasteiger partial charge >= 0.3 is 11.9 Å². The fourth-order valence-corrected chi connectivity index (χ4v) is 6.75. The molecule has 2 heterocycles. The van der Waals surface area contributed by atoms with E-state index in [-0.39, 0.29) is 28.6 Å². The number of nitrogens with zero attached hydrogens (tertiary/aromatic N) is 1. The zero-order valence-electron chi connectivity index (χ0n) is 24.5. The van der Waals surface area contributed by atoms with Gasteiger partial charge in [0.2, 0.25) is 0 Å². The monoisotopic (exact) mass is 766 g/mol.